The lowest BCUT2D eigenvalue weighted by Crippen LogP contribution is -2.56. The summed E-state index contributed by atoms with van der Waals surface area (Å²) in [5.74, 6) is -1.15. The molecule has 0 aromatic heterocycles. The number of rotatable bonds is 4. The second kappa shape index (κ2) is 5.63. The van der Waals surface area contributed by atoms with Gasteiger partial charge in [-0.05, 0) is 56.7 Å². The predicted molar refractivity (Wildman–Crippen MR) is 96.9 cm³/mol. The molecule has 0 aliphatic heterocycles. The highest BCUT2D eigenvalue weighted by Crippen LogP contribution is 3.02. The molecular formula is C17H19F5N2O3S2. The smallest absolute Gasteiger partial charge is 0.310 e. The minimum Gasteiger partial charge on any atom is -0.347 e. The average Bonchev–Trinajstić information content (AvgIpc) is 2.60. The molecule has 0 heterocycles. The Kier molecular flexibility index (Phi) is 4.24. The molecule has 5 nitrogen and oxygen atoms in total. The average molecular weight is 458 g/mol. The van der Waals surface area contributed by atoms with Crippen molar-refractivity contribution in [3.05, 3.63) is 23.8 Å². The van der Waals surface area contributed by atoms with Gasteiger partial charge in [-0.1, -0.05) is 19.4 Å². The summed E-state index contributed by atoms with van der Waals surface area (Å²) in [4.78, 5) is 9.68. The van der Waals surface area contributed by atoms with Crippen LogP contribution in [0, 0.1) is 16.7 Å². The maximum absolute atomic E-state index is 13.2. The summed E-state index contributed by atoms with van der Waals surface area (Å²) in [7, 11) is -14.3. The quantitative estimate of drug-likeness (QED) is 0.637. The van der Waals surface area contributed by atoms with Crippen LogP contribution < -0.4 is 5.32 Å². The highest BCUT2D eigenvalue weighted by molar-refractivity contribution is 8.45. The number of benzene rings is 1. The van der Waals surface area contributed by atoms with Gasteiger partial charge in [-0.15, -0.1) is 0 Å². The molecule has 3 fully saturated rings. The van der Waals surface area contributed by atoms with Gasteiger partial charge in [0.05, 0.1) is 21.9 Å². The number of hydrogen-bond acceptors (Lipinski definition) is 4. The minimum absolute atomic E-state index is 0.0184. The maximum atomic E-state index is 13.2. The van der Waals surface area contributed by atoms with Gasteiger partial charge in [0.1, 0.15) is 4.90 Å². The molecule has 0 saturated heterocycles. The van der Waals surface area contributed by atoms with Crippen molar-refractivity contribution in [1.82, 2.24) is 5.32 Å². The predicted octanol–water partition coefficient (Wildman–Crippen LogP) is 5.09. The third-order valence-corrected chi connectivity index (χ3v) is 8.20. The van der Waals surface area contributed by atoms with Gasteiger partial charge in [0.25, 0.3) is 5.91 Å². The number of sulfone groups is 1. The zero-order chi connectivity index (χ0) is 22.0. The fraction of sp³-hybridized carbons (Fsp3) is 0.529. The lowest BCUT2D eigenvalue weighted by molar-refractivity contribution is 0.0519. The Hall–Kier alpha value is -1.87. The first kappa shape index (κ1) is 21.8. The summed E-state index contributed by atoms with van der Waals surface area (Å²) >= 11 is 0. The number of nitrogens with one attached hydrogen (secondary N) is 1. The Morgan fingerprint density at radius 1 is 1.07 bits per heavy atom. The molecule has 4 rings (SSSR count). The van der Waals surface area contributed by atoms with E-state index < -0.39 is 52.3 Å². The standard InChI is InChI=1S/C17H19F5N2O3S2/c1-28(26,27)14-3-2-12(29(18,19,20,21)22)10-13(14)15(25)24-17-7-4-16(11-23,5-8-17)6-9-17/h2-3,10H,4-9H2,1H3,(H,24,25). The molecule has 0 atom stereocenters. The van der Waals surface area contributed by atoms with Gasteiger partial charge in [0, 0.05) is 11.8 Å². The highest BCUT2D eigenvalue weighted by Gasteiger charge is 2.65. The van der Waals surface area contributed by atoms with Gasteiger partial charge in [-0.3, -0.25) is 4.79 Å². The van der Waals surface area contributed by atoms with E-state index in [4.69, 9.17) is 0 Å². The SMILES string of the molecule is CS(=O)(=O)c1ccc(S(F)(F)(F)(F)F)cc1C(=O)NC12CCC(C#N)(CC1)CC2. The fourth-order valence-electron chi connectivity index (χ4n) is 4.10. The zero-order valence-electron chi connectivity index (χ0n) is 15.4. The van der Waals surface area contributed by atoms with Gasteiger partial charge in [-0.25, -0.2) is 8.42 Å². The number of nitrogens with zero attached hydrogens (tertiary/aromatic N) is 1. The first-order valence-corrected chi connectivity index (χ1v) is 12.6. The first-order valence-electron chi connectivity index (χ1n) is 8.71. The second-order valence-electron chi connectivity index (χ2n) is 8.03. The molecule has 0 unspecified atom stereocenters. The summed E-state index contributed by atoms with van der Waals surface area (Å²) in [5, 5.41) is 11.9. The number of fused-ring (bicyclic) bond motifs is 3. The molecule has 0 radical (unpaired) electrons. The van der Waals surface area contributed by atoms with Crippen LogP contribution in [0.4, 0.5) is 19.4 Å². The van der Waals surface area contributed by atoms with Crippen molar-refractivity contribution in [1.29, 1.82) is 5.26 Å². The Labute approximate surface area is 164 Å². The van der Waals surface area contributed by atoms with E-state index in [0.717, 1.165) is 0 Å². The molecule has 29 heavy (non-hydrogen) atoms. The van der Waals surface area contributed by atoms with Gasteiger partial charge in [0.15, 0.2) is 9.84 Å². The number of carbonyl (C=O) groups excluding carboxylic acids is 1. The Balaban J connectivity index is 2.01. The summed E-state index contributed by atoms with van der Waals surface area (Å²) in [5.41, 5.74) is -2.24. The van der Waals surface area contributed by atoms with E-state index in [1.807, 2.05) is 0 Å². The molecule has 2 bridgehead atoms. The second-order valence-corrected chi connectivity index (χ2v) is 12.4. The van der Waals surface area contributed by atoms with Gasteiger partial charge < -0.3 is 5.32 Å². The third kappa shape index (κ3) is 4.21. The molecule has 1 aromatic rings. The topological polar surface area (TPSA) is 87.0 Å². The van der Waals surface area contributed by atoms with Crippen LogP contribution in [0.5, 0.6) is 0 Å². The van der Waals surface area contributed by atoms with E-state index in [2.05, 4.69) is 11.4 Å². The van der Waals surface area contributed by atoms with E-state index in [1.54, 1.807) is 0 Å². The van der Waals surface area contributed by atoms with Crippen LogP contribution >= 0.6 is 10.2 Å². The number of hydrogen-bond donors (Lipinski definition) is 1. The molecule has 0 spiro atoms. The monoisotopic (exact) mass is 458 g/mol. The molecule has 3 aliphatic rings. The van der Waals surface area contributed by atoms with Crippen molar-refractivity contribution in [2.45, 2.75) is 53.9 Å². The van der Waals surface area contributed by atoms with Crippen LogP contribution in [0.3, 0.4) is 0 Å². The van der Waals surface area contributed by atoms with Crippen LogP contribution in [-0.2, 0) is 9.84 Å². The van der Waals surface area contributed by atoms with E-state index in [-0.39, 0.29) is 12.1 Å². The molecular weight excluding hydrogens is 439 g/mol. The highest BCUT2D eigenvalue weighted by atomic mass is 32.5. The summed E-state index contributed by atoms with van der Waals surface area (Å²) in [6.07, 6.45) is 3.38. The molecule has 3 aliphatic carbocycles. The number of nitriles is 1. The number of carbonyl (C=O) groups is 1. The van der Waals surface area contributed by atoms with E-state index in [0.29, 0.717) is 50.8 Å². The summed E-state index contributed by atoms with van der Waals surface area (Å²) in [6, 6.07) is 2.55. The van der Waals surface area contributed by atoms with Crippen LogP contribution in [-0.4, -0.2) is 26.1 Å². The summed E-state index contributed by atoms with van der Waals surface area (Å²) < 4.78 is 89.8. The maximum Gasteiger partial charge on any atom is 0.310 e. The number of halogens is 5. The Morgan fingerprint density at radius 2 is 1.59 bits per heavy atom. The first-order chi connectivity index (χ1) is 12.9. The fourth-order valence-corrected chi connectivity index (χ4v) is 5.63. The van der Waals surface area contributed by atoms with Crippen molar-refractivity contribution < 1.29 is 32.6 Å². The normalized spacial score (nSPS) is 29.4. The van der Waals surface area contributed by atoms with Crippen LogP contribution in [0.1, 0.15) is 48.9 Å². The lowest BCUT2D eigenvalue weighted by atomic mass is 9.58. The van der Waals surface area contributed by atoms with Gasteiger partial charge in [0.2, 0.25) is 0 Å². The van der Waals surface area contributed by atoms with Crippen LogP contribution in [0.25, 0.3) is 0 Å². The third-order valence-electron chi connectivity index (χ3n) is 5.90. The van der Waals surface area contributed by atoms with Crippen molar-refractivity contribution in [3.8, 4) is 6.07 Å². The molecule has 1 amide bonds. The van der Waals surface area contributed by atoms with Gasteiger partial charge in [-0.2, -0.15) is 5.26 Å². The van der Waals surface area contributed by atoms with Crippen molar-refractivity contribution in [2.24, 2.45) is 5.41 Å². The van der Waals surface area contributed by atoms with Crippen LogP contribution in [0.15, 0.2) is 28.0 Å². The largest absolute Gasteiger partial charge is 0.347 e. The van der Waals surface area contributed by atoms with Gasteiger partial charge >= 0.3 is 10.2 Å². The minimum atomic E-state index is -10.1. The zero-order valence-corrected chi connectivity index (χ0v) is 17.0. The van der Waals surface area contributed by atoms with Crippen molar-refractivity contribution in [3.63, 3.8) is 0 Å². The molecule has 3 saturated carbocycles. The van der Waals surface area contributed by atoms with Crippen molar-refractivity contribution in [2.75, 3.05) is 6.26 Å². The lowest BCUT2D eigenvalue weighted by Gasteiger charge is -2.50. The molecule has 12 heteroatoms. The molecule has 1 N–H and O–H groups in total. The van der Waals surface area contributed by atoms with Crippen molar-refractivity contribution >= 4 is 26.0 Å². The Morgan fingerprint density at radius 3 is 2.00 bits per heavy atom. The van der Waals surface area contributed by atoms with Crippen LogP contribution in [0.2, 0.25) is 0 Å². The Bertz CT molecular complexity index is 1020. The van der Waals surface area contributed by atoms with E-state index >= 15 is 0 Å². The van der Waals surface area contributed by atoms with E-state index in [1.165, 1.54) is 0 Å². The molecule has 1 aromatic carbocycles. The number of amides is 1. The summed E-state index contributed by atoms with van der Waals surface area (Å²) in [6.45, 7) is 0. The van der Waals surface area contributed by atoms with E-state index in [9.17, 15) is 37.9 Å². The molecule has 162 valence electrons.